The highest BCUT2D eigenvalue weighted by Crippen LogP contribution is 2.39. The normalized spacial score (nSPS) is 46.0. The first-order chi connectivity index (χ1) is 10.8. The van der Waals surface area contributed by atoms with E-state index in [1.54, 1.807) is 20.1 Å². The summed E-state index contributed by atoms with van der Waals surface area (Å²) in [7, 11) is 1.57. The molecular weight excluding hydrogens is 304 g/mol. The van der Waals surface area contributed by atoms with Crippen LogP contribution < -0.4 is 0 Å². The summed E-state index contributed by atoms with van der Waals surface area (Å²) in [5.74, 6) is -0.815. The Morgan fingerprint density at radius 1 is 1.13 bits per heavy atom. The minimum atomic E-state index is -0.742. The van der Waals surface area contributed by atoms with Gasteiger partial charge in [0.1, 0.15) is 24.4 Å². The molecule has 130 valence electrons. The minimum Gasteiger partial charge on any atom is -0.353 e. The standard InChI is InChI=1S/C16H24O7/c1-8-10(17)6-7-11(19-8)21-12-9(2)20-15(18-5)14-13(12)22-16(3,4)23-14/h6-9,11-15H,1-5H3/t8-,9-,11+,12-,13+,14+,15+/m0/s1. The molecule has 3 heterocycles. The van der Waals surface area contributed by atoms with Gasteiger partial charge in [-0.1, -0.05) is 0 Å². The van der Waals surface area contributed by atoms with Gasteiger partial charge in [0, 0.05) is 7.11 Å². The first-order valence-electron chi connectivity index (χ1n) is 7.87. The van der Waals surface area contributed by atoms with Gasteiger partial charge >= 0.3 is 0 Å². The number of hydrogen-bond acceptors (Lipinski definition) is 7. The van der Waals surface area contributed by atoms with Crippen molar-refractivity contribution >= 4 is 5.78 Å². The second-order valence-electron chi connectivity index (χ2n) is 6.52. The number of ether oxygens (including phenoxy) is 6. The fraction of sp³-hybridized carbons (Fsp3) is 0.812. The Morgan fingerprint density at radius 2 is 1.83 bits per heavy atom. The van der Waals surface area contributed by atoms with Crippen LogP contribution in [0.3, 0.4) is 0 Å². The third-order valence-electron chi connectivity index (χ3n) is 4.25. The van der Waals surface area contributed by atoms with Gasteiger partial charge in [-0.2, -0.15) is 0 Å². The molecular formula is C16H24O7. The van der Waals surface area contributed by atoms with Crippen LogP contribution in [0.25, 0.3) is 0 Å². The van der Waals surface area contributed by atoms with Crippen molar-refractivity contribution in [2.24, 2.45) is 0 Å². The highest BCUT2D eigenvalue weighted by atomic mass is 16.8. The fourth-order valence-corrected chi connectivity index (χ4v) is 3.15. The molecule has 0 radical (unpaired) electrons. The summed E-state index contributed by atoms with van der Waals surface area (Å²) in [6.07, 6.45) is 0.0278. The van der Waals surface area contributed by atoms with Gasteiger partial charge < -0.3 is 28.4 Å². The van der Waals surface area contributed by atoms with Gasteiger partial charge in [-0.25, -0.2) is 0 Å². The first-order valence-corrected chi connectivity index (χ1v) is 7.87. The van der Waals surface area contributed by atoms with Crippen LogP contribution in [0.5, 0.6) is 0 Å². The van der Waals surface area contributed by atoms with E-state index in [1.807, 2.05) is 20.8 Å². The topological polar surface area (TPSA) is 72.5 Å². The molecule has 2 fully saturated rings. The van der Waals surface area contributed by atoms with Crippen LogP contribution in [0.4, 0.5) is 0 Å². The summed E-state index contributed by atoms with van der Waals surface area (Å²) >= 11 is 0. The molecule has 0 saturated carbocycles. The predicted molar refractivity (Wildman–Crippen MR) is 78.5 cm³/mol. The number of ketones is 1. The molecule has 0 amide bonds. The van der Waals surface area contributed by atoms with Gasteiger partial charge in [-0.05, 0) is 39.8 Å². The van der Waals surface area contributed by atoms with Gasteiger partial charge in [0.15, 0.2) is 24.2 Å². The van der Waals surface area contributed by atoms with Crippen molar-refractivity contribution in [3.05, 3.63) is 12.2 Å². The van der Waals surface area contributed by atoms with E-state index in [4.69, 9.17) is 28.4 Å². The number of hydrogen-bond donors (Lipinski definition) is 0. The molecule has 3 rings (SSSR count). The lowest BCUT2D eigenvalue weighted by molar-refractivity contribution is -0.291. The van der Waals surface area contributed by atoms with E-state index in [9.17, 15) is 4.79 Å². The van der Waals surface area contributed by atoms with Gasteiger partial charge in [-0.3, -0.25) is 4.79 Å². The summed E-state index contributed by atoms with van der Waals surface area (Å²) in [6.45, 7) is 7.28. The molecule has 23 heavy (non-hydrogen) atoms. The molecule has 7 atom stereocenters. The van der Waals surface area contributed by atoms with E-state index in [0.29, 0.717) is 0 Å². The van der Waals surface area contributed by atoms with Gasteiger partial charge in [0.2, 0.25) is 0 Å². The second kappa shape index (κ2) is 6.23. The third-order valence-corrected chi connectivity index (χ3v) is 4.25. The van der Waals surface area contributed by atoms with Crippen molar-refractivity contribution in [2.45, 2.75) is 76.6 Å². The monoisotopic (exact) mass is 328 g/mol. The predicted octanol–water partition coefficient (Wildman–Crippen LogP) is 1.15. The molecule has 0 N–H and O–H groups in total. The quantitative estimate of drug-likeness (QED) is 0.769. The fourth-order valence-electron chi connectivity index (χ4n) is 3.15. The third kappa shape index (κ3) is 3.35. The molecule has 2 saturated heterocycles. The Hall–Kier alpha value is -0.830. The van der Waals surface area contributed by atoms with Crippen molar-refractivity contribution < 1.29 is 33.2 Å². The van der Waals surface area contributed by atoms with E-state index in [1.165, 1.54) is 6.08 Å². The van der Waals surface area contributed by atoms with Crippen molar-refractivity contribution in [1.82, 2.24) is 0 Å². The van der Waals surface area contributed by atoms with Crippen molar-refractivity contribution in [3.63, 3.8) is 0 Å². The molecule has 3 aliphatic rings. The Labute approximate surface area is 135 Å². The highest BCUT2D eigenvalue weighted by molar-refractivity contribution is 5.93. The summed E-state index contributed by atoms with van der Waals surface area (Å²) in [5.41, 5.74) is 0. The molecule has 0 aromatic carbocycles. The highest BCUT2D eigenvalue weighted by Gasteiger charge is 2.55. The molecule has 7 heteroatoms. The van der Waals surface area contributed by atoms with Crippen LogP contribution in [-0.2, 0) is 33.2 Å². The molecule has 0 aliphatic carbocycles. The molecule has 0 spiro atoms. The van der Waals surface area contributed by atoms with E-state index in [0.717, 1.165) is 0 Å². The van der Waals surface area contributed by atoms with Crippen LogP contribution in [0.1, 0.15) is 27.7 Å². The minimum absolute atomic E-state index is 0.0725. The number of methoxy groups -OCH3 is 1. The summed E-state index contributed by atoms with van der Waals surface area (Å²) in [4.78, 5) is 11.5. The molecule has 0 aromatic heterocycles. The summed E-state index contributed by atoms with van der Waals surface area (Å²) < 4.78 is 34.7. The smallest absolute Gasteiger partial charge is 0.186 e. The number of rotatable bonds is 3. The Balaban J connectivity index is 1.76. The lowest BCUT2D eigenvalue weighted by atomic mass is 9.99. The van der Waals surface area contributed by atoms with E-state index >= 15 is 0 Å². The number of fused-ring (bicyclic) bond motifs is 1. The average molecular weight is 328 g/mol. The van der Waals surface area contributed by atoms with E-state index < -0.39 is 30.6 Å². The molecule has 7 nitrogen and oxygen atoms in total. The molecule has 0 unspecified atom stereocenters. The van der Waals surface area contributed by atoms with Crippen molar-refractivity contribution in [1.29, 1.82) is 0 Å². The molecule has 0 bridgehead atoms. The number of carbonyl (C=O) groups excluding carboxylic acids is 1. The van der Waals surface area contributed by atoms with Crippen LogP contribution >= 0.6 is 0 Å². The number of carbonyl (C=O) groups is 1. The lowest BCUT2D eigenvalue weighted by Crippen LogP contribution is -2.57. The van der Waals surface area contributed by atoms with Crippen LogP contribution in [0.2, 0.25) is 0 Å². The zero-order chi connectivity index (χ0) is 16.8. The SMILES string of the molecule is CO[C@@H]1O[C@@H](C)[C@H](O[C@@H]2C=CC(=O)[C@H](C)O2)[C@H]2OC(C)(C)O[C@@H]12. The largest absolute Gasteiger partial charge is 0.353 e. The van der Waals surface area contributed by atoms with E-state index in [2.05, 4.69) is 0 Å². The zero-order valence-electron chi connectivity index (χ0n) is 14.1. The first kappa shape index (κ1) is 17.0. The van der Waals surface area contributed by atoms with E-state index in [-0.39, 0.29) is 24.1 Å². The zero-order valence-corrected chi connectivity index (χ0v) is 14.1. The molecule has 3 aliphatic heterocycles. The summed E-state index contributed by atoms with van der Waals surface area (Å²) in [6, 6.07) is 0. The van der Waals surface area contributed by atoms with Gasteiger partial charge in [-0.15, -0.1) is 0 Å². The van der Waals surface area contributed by atoms with Crippen molar-refractivity contribution in [3.8, 4) is 0 Å². The van der Waals surface area contributed by atoms with Crippen LogP contribution in [0, 0.1) is 0 Å². The Kier molecular flexibility index (Phi) is 4.61. The maximum Gasteiger partial charge on any atom is 0.186 e. The van der Waals surface area contributed by atoms with Gasteiger partial charge in [0.25, 0.3) is 0 Å². The van der Waals surface area contributed by atoms with Crippen molar-refractivity contribution in [2.75, 3.05) is 7.11 Å². The maximum absolute atomic E-state index is 11.5. The van der Waals surface area contributed by atoms with Gasteiger partial charge in [0.05, 0.1) is 6.10 Å². The maximum atomic E-state index is 11.5. The second-order valence-corrected chi connectivity index (χ2v) is 6.52. The molecule has 0 aromatic rings. The summed E-state index contributed by atoms with van der Waals surface area (Å²) in [5, 5.41) is 0. The van der Waals surface area contributed by atoms with Crippen LogP contribution in [-0.4, -0.2) is 61.8 Å². The Bertz CT molecular complexity index is 489. The van der Waals surface area contributed by atoms with Crippen LogP contribution in [0.15, 0.2) is 12.2 Å². The lowest BCUT2D eigenvalue weighted by Gasteiger charge is -2.41. The average Bonchev–Trinajstić information content (AvgIpc) is 2.81. The Morgan fingerprint density at radius 3 is 2.48 bits per heavy atom.